The molecule has 0 aromatic carbocycles. The zero-order valence-corrected chi connectivity index (χ0v) is 7.91. The number of nitrogens with zero attached hydrogens (tertiary/aromatic N) is 1. The molecule has 1 unspecified atom stereocenters. The third-order valence-electron chi connectivity index (χ3n) is 2.04. The highest BCUT2D eigenvalue weighted by molar-refractivity contribution is 5.94. The maximum Gasteiger partial charge on any atom is 0.247 e. The van der Waals surface area contributed by atoms with Crippen molar-refractivity contribution < 1.29 is 9.59 Å². The normalized spacial score (nSPS) is 20.5. The van der Waals surface area contributed by atoms with Crippen molar-refractivity contribution in [3.8, 4) is 0 Å². The van der Waals surface area contributed by atoms with Crippen LogP contribution >= 0.6 is 0 Å². The summed E-state index contributed by atoms with van der Waals surface area (Å²) in [6.45, 7) is 4.32. The van der Waals surface area contributed by atoms with Gasteiger partial charge in [-0.1, -0.05) is 5.57 Å². The Labute approximate surface area is 77.4 Å². The molecule has 0 bridgehead atoms. The van der Waals surface area contributed by atoms with Crippen molar-refractivity contribution in [3.63, 3.8) is 0 Å². The first kappa shape index (κ1) is 9.77. The molecule has 1 aliphatic heterocycles. The van der Waals surface area contributed by atoms with Gasteiger partial charge < -0.3 is 10.6 Å². The molecular weight excluding hydrogens is 168 g/mol. The molecule has 72 valence electrons. The lowest BCUT2D eigenvalue weighted by molar-refractivity contribution is -0.142. The third-order valence-corrected chi connectivity index (χ3v) is 2.04. The van der Waals surface area contributed by atoms with Crippen molar-refractivity contribution in [2.45, 2.75) is 26.3 Å². The molecule has 2 amide bonds. The first-order valence-corrected chi connectivity index (χ1v) is 4.27. The number of hydrogen-bond donors (Lipinski definition) is 1. The number of carbonyl (C=O) groups is 2. The number of allylic oxidation sites excluding steroid dienone is 1. The number of likely N-dealkylation sites (tertiary alicyclic amines) is 1. The number of rotatable bonds is 2. The second-order valence-electron chi connectivity index (χ2n) is 3.46. The summed E-state index contributed by atoms with van der Waals surface area (Å²) in [7, 11) is 0. The van der Waals surface area contributed by atoms with Gasteiger partial charge in [0.15, 0.2) is 0 Å². The molecule has 2 N–H and O–H groups in total. The molecule has 4 heteroatoms. The second kappa shape index (κ2) is 3.60. The molecule has 0 saturated carbocycles. The molecule has 1 saturated heterocycles. The summed E-state index contributed by atoms with van der Waals surface area (Å²) in [5.74, 6) is -0.531. The molecule has 1 rings (SSSR count). The first-order valence-electron chi connectivity index (χ1n) is 4.27. The molecule has 1 heterocycles. The van der Waals surface area contributed by atoms with E-state index in [4.69, 9.17) is 5.73 Å². The summed E-state index contributed by atoms with van der Waals surface area (Å²) < 4.78 is 0. The third kappa shape index (κ3) is 2.08. The van der Waals surface area contributed by atoms with Crippen LogP contribution in [0.1, 0.15) is 20.3 Å². The fourth-order valence-corrected chi connectivity index (χ4v) is 1.28. The van der Waals surface area contributed by atoms with Gasteiger partial charge in [0, 0.05) is 12.6 Å². The summed E-state index contributed by atoms with van der Waals surface area (Å²) >= 11 is 0. The molecule has 13 heavy (non-hydrogen) atoms. The molecule has 1 atom stereocenters. The van der Waals surface area contributed by atoms with Gasteiger partial charge in [-0.3, -0.25) is 9.59 Å². The molecule has 0 spiro atoms. The zero-order chi connectivity index (χ0) is 10.0. The van der Waals surface area contributed by atoms with E-state index in [1.165, 1.54) is 11.0 Å². The lowest BCUT2D eigenvalue weighted by Gasteiger charge is -2.38. The Morgan fingerprint density at radius 3 is 2.38 bits per heavy atom. The molecule has 0 aliphatic carbocycles. The van der Waals surface area contributed by atoms with Gasteiger partial charge >= 0.3 is 0 Å². The average Bonchev–Trinajstić information content (AvgIpc) is 1.79. The fourth-order valence-electron chi connectivity index (χ4n) is 1.28. The Hall–Kier alpha value is -1.32. The second-order valence-corrected chi connectivity index (χ2v) is 3.46. The summed E-state index contributed by atoms with van der Waals surface area (Å²) in [5, 5.41) is 0. The van der Waals surface area contributed by atoms with Gasteiger partial charge in [0.05, 0.1) is 0 Å². The lowest BCUT2D eigenvalue weighted by Crippen LogP contribution is -2.56. The molecular formula is C9H14N2O2. The maximum atomic E-state index is 11.4. The van der Waals surface area contributed by atoms with E-state index in [0.717, 1.165) is 5.57 Å². The Balaban J connectivity index is 2.59. The van der Waals surface area contributed by atoms with Gasteiger partial charge in [0.2, 0.25) is 11.8 Å². The van der Waals surface area contributed by atoms with Crippen molar-refractivity contribution in [3.05, 3.63) is 11.6 Å². The van der Waals surface area contributed by atoms with Crippen LogP contribution in [-0.4, -0.2) is 29.3 Å². The van der Waals surface area contributed by atoms with Crippen molar-refractivity contribution >= 4 is 11.8 Å². The largest absolute Gasteiger partial charge is 0.368 e. The number of carbonyl (C=O) groups excluding carboxylic acids is 2. The van der Waals surface area contributed by atoms with E-state index in [9.17, 15) is 9.59 Å². The van der Waals surface area contributed by atoms with Crippen LogP contribution in [0.25, 0.3) is 0 Å². The first-order chi connectivity index (χ1) is 6.02. The van der Waals surface area contributed by atoms with Gasteiger partial charge in [-0.05, 0) is 20.3 Å². The van der Waals surface area contributed by atoms with Crippen LogP contribution in [0, 0.1) is 0 Å². The van der Waals surface area contributed by atoms with Crippen LogP contribution in [0.3, 0.4) is 0 Å². The lowest BCUT2D eigenvalue weighted by atomic mass is 10.0. The summed E-state index contributed by atoms with van der Waals surface area (Å²) in [5.41, 5.74) is 6.03. The van der Waals surface area contributed by atoms with Gasteiger partial charge in [-0.15, -0.1) is 0 Å². The van der Waals surface area contributed by atoms with E-state index < -0.39 is 5.91 Å². The minimum absolute atomic E-state index is 0.116. The highest BCUT2D eigenvalue weighted by Crippen LogP contribution is 2.17. The Bertz CT molecular complexity index is 267. The Morgan fingerprint density at radius 2 is 2.08 bits per heavy atom. The predicted molar refractivity (Wildman–Crippen MR) is 48.7 cm³/mol. The molecule has 1 fully saturated rings. The van der Waals surface area contributed by atoms with E-state index in [2.05, 4.69) is 0 Å². The van der Waals surface area contributed by atoms with Crippen molar-refractivity contribution in [1.82, 2.24) is 4.90 Å². The number of amides is 2. The topological polar surface area (TPSA) is 63.4 Å². The van der Waals surface area contributed by atoms with Crippen molar-refractivity contribution in [1.29, 1.82) is 0 Å². The van der Waals surface area contributed by atoms with E-state index in [-0.39, 0.29) is 11.9 Å². The minimum Gasteiger partial charge on any atom is -0.368 e. The molecule has 1 aliphatic rings. The van der Waals surface area contributed by atoms with Crippen LogP contribution < -0.4 is 5.73 Å². The van der Waals surface area contributed by atoms with E-state index in [0.29, 0.717) is 13.0 Å². The number of nitrogens with two attached hydrogens (primary N) is 1. The zero-order valence-electron chi connectivity index (χ0n) is 7.91. The summed E-state index contributed by atoms with van der Waals surface area (Å²) in [4.78, 5) is 23.7. The van der Waals surface area contributed by atoms with E-state index in [1.807, 2.05) is 13.8 Å². The van der Waals surface area contributed by atoms with Crippen LogP contribution in [0.2, 0.25) is 0 Å². The molecule has 0 aromatic heterocycles. The van der Waals surface area contributed by atoms with Gasteiger partial charge in [0.1, 0.15) is 6.04 Å². The van der Waals surface area contributed by atoms with Crippen LogP contribution in [0.15, 0.2) is 11.6 Å². The van der Waals surface area contributed by atoms with Crippen molar-refractivity contribution in [2.24, 2.45) is 5.73 Å². The quantitative estimate of drug-likeness (QED) is 0.613. The predicted octanol–water partition coefficient (Wildman–Crippen LogP) is 0.0388. The number of primary amides is 1. The molecule has 4 nitrogen and oxygen atoms in total. The van der Waals surface area contributed by atoms with Crippen LogP contribution in [0.4, 0.5) is 0 Å². The van der Waals surface area contributed by atoms with E-state index >= 15 is 0 Å². The standard InChI is InChI=1S/C9H14N2O2/c1-6(2)5-8(12)11-4-3-7(11)9(10)13/h5,7H,3-4H2,1-2H3,(H2,10,13). The van der Waals surface area contributed by atoms with E-state index in [1.54, 1.807) is 0 Å². The van der Waals surface area contributed by atoms with Crippen LogP contribution in [0.5, 0.6) is 0 Å². The highest BCUT2D eigenvalue weighted by atomic mass is 16.2. The average molecular weight is 182 g/mol. The summed E-state index contributed by atoms with van der Waals surface area (Å²) in [6.07, 6.45) is 2.22. The van der Waals surface area contributed by atoms with Crippen LogP contribution in [-0.2, 0) is 9.59 Å². The van der Waals surface area contributed by atoms with Gasteiger partial charge in [0.25, 0.3) is 0 Å². The monoisotopic (exact) mass is 182 g/mol. The number of hydrogen-bond acceptors (Lipinski definition) is 2. The highest BCUT2D eigenvalue weighted by Gasteiger charge is 2.34. The minimum atomic E-state index is -0.415. The molecule has 0 radical (unpaired) electrons. The fraction of sp³-hybridized carbons (Fsp3) is 0.556. The van der Waals surface area contributed by atoms with Gasteiger partial charge in [-0.2, -0.15) is 0 Å². The van der Waals surface area contributed by atoms with Gasteiger partial charge in [-0.25, -0.2) is 0 Å². The maximum absolute atomic E-state index is 11.4. The SMILES string of the molecule is CC(C)=CC(=O)N1CCC1C(N)=O. The molecule has 0 aromatic rings. The summed E-state index contributed by atoms with van der Waals surface area (Å²) in [6, 6.07) is -0.386. The van der Waals surface area contributed by atoms with Crippen molar-refractivity contribution in [2.75, 3.05) is 6.54 Å². The Kier molecular flexibility index (Phi) is 2.70. The Morgan fingerprint density at radius 1 is 1.46 bits per heavy atom. The smallest absolute Gasteiger partial charge is 0.247 e.